The molecule has 0 aliphatic heterocycles. The van der Waals surface area contributed by atoms with Crippen molar-refractivity contribution in [3.8, 4) is 0 Å². The molecule has 0 bridgehead atoms. The lowest BCUT2D eigenvalue weighted by Gasteiger charge is -2.11. The van der Waals surface area contributed by atoms with Gasteiger partial charge in [0.2, 0.25) is 0 Å². The molecule has 3 rings (SSSR count). The lowest BCUT2D eigenvalue weighted by molar-refractivity contribution is 0.0945. The minimum Gasteiger partial charge on any atom is -0.460 e. The van der Waals surface area contributed by atoms with Crippen molar-refractivity contribution in [3.63, 3.8) is 0 Å². The maximum Gasteiger partial charge on any atom is 0.268 e. The Morgan fingerprint density at radius 1 is 1.17 bits per heavy atom. The van der Waals surface area contributed by atoms with Crippen molar-refractivity contribution in [3.05, 3.63) is 59.0 Å². The third-order valence-corrected chi connectivity index (χ3v) is 3.74. The number of hydrogen-bond acceptors (Lipinski definition) is 2. The smallest absolute Gasteiger partial charge is 0.268 e. The standard InChI is InChI=1S/C18H18F2N2O2/c1-3-4-21-18(23)16-9-17-15(5-11(2)24-17)22(16)10-12-6-13(19)8-14(20)7-12/h5-9H,3-4,10H2,1-2H3,(H,21,23). The van der Waals surface area contributed by atoms with Crippen LogP contribution in [0, 0.1) is 18.6 Å². The minimum absolute atomic E-state index is 0.173. The molecule has 0 radical (unpaired) electrons. The zero-order valence-corrected chi connectivity index (χ0v) is 13.5. The molecule has 0 spiro atoms. The summed E-state index contributed by atoms with van der Waals surface area (Å²) in [5.74, 6) is -0.819. The van der Waals surface area contributed by atoms with Gasteiger partial charge in [0.25, 0.3) is 5.91 Å². The SMILES string of the molecule is CCCNC(=O)c1cc2oc(C)cc2n1Cc1cc(F)cc(F)c1. The summed E-state index contributed by atoms with van der Waals surface area (Å²) in [6.45, 7) is 4.50. The molecule has 1 amide bonds. The van der Waals surface area contributed by atoms with E-state index in [1.54, 1.807) is 10.6 Å². The summed E-state index contributed by atoms with van der Waals surface area (Å²) < 4.78 is 34.2. The molecular weight excluding hydrogens is 314 g/mol. The van der Waals surface area contributed by atoms with Crippen molar-refractivity contribution in [2.24, 2.45) is 0 Å². The average Bonchev–Trinajstić information content (AvgIpc) is 3.01. The van der Waals surface area contributed by atoms with Gasteiger partial charge in [0.1, 0.15) is 23.1 Å². The van der Waals surface area contributed by atoms with Crippen LogP contribution in [-0.2, 0) is 6.54 Å². The fraction of sp³-hybridized carbons (Fsp3) is 0.278. The number of carbonyl (C=O) groups excluding carboxylic acids is 1. The third-order valence-electron chi connectivity index (χ3n) is 3.74. The number of rotatable bonds is 5. The number of amides is 1. The molecule has 2 aromatic heterocycles. The van der Waals surface area contributed by atoms with Crippen LogP contribution >= 0.6 is 0 Å². The number of fused-ring (bicyclic) bond motifs is 1. The largest absolute Gasteiger partial charge is 0.460 e. The van der Waals surface area contributed by atoms with E-state index >= 15 is 0 Å². The van der Waals surface area contributed by atoms with Crippen molar-refractivity contribution in [1.82, 2.24) is 9.88 Å². The van der Waals surface area contributed by atoms with E-state index in [9.17, 15) is 13.6 Å². The zero-order chi connectivity index (χ0) is 17.3. The van der Waals surface area contributed by atoms with Gasteiger partial charge in [-0.05, 0) is 31.0 Å². The molecule has 24 heavy (non-hydrogen) atoms. The van der Waals surface area contributed by atoms with Crippen molar-refractivity contribution in [1.29, 1.82) is 0 Å². The minimum atomic E-state index is -0.645. The second-order valence-corrected chi connectivity index (χ2v) is 5.76. The van der Waals surface area contributed by atoms with E-state index in [4.69, 9.17) is 4.42 Å². The number of halogens is 2. The van der Waals surface area contributed by atoms with Gasteiger partial charge in [0.05, 0.1) is 5.52 Å². The first-order chi connectivity index (χ1) is 11.5. The Labute approximate surface area is 138 Å². The summed E-state index contributed by atoms with van der Waals surface area (Å²) >= 11 is 0. The summed E-state index contributed by atoms with van der Waals surface area (Å²) in [4.78, 5) is 12.4. The summed E-state index contributed by atoms with van der Waals surface area (Å²) in [6.07, 6.45) is 0.816. The van der Waals surface area contributed by atoms with E-state index < -0.39 is 11.6 Å². The molecule has 3 aromatic rings. The molecule has 0 aliphatic carbocycles. The quantitative estimate of drug-likeness (QED) is 0.767. The van der Waals surface area contributed by atoms with Crippen LogP contribution in [0.25, 0.3) is 11.1 Å². The highest BCUT2D eigenvalue weighted by Gasteiger charge is 2.18. The fourth-order valence-electron chi connectivity index (χ4n) is 2.74. The molecule has 2 heterocycles. The Hall–Kier alpha value is -2.63. The van der Waals surface area contributed by atoms with Gasteiger partial charge in [0, 0.05) is 31.3 Å². The van der Waals surface area contributed by atoms with Crippen molar-refractivity contribution >= 4 is 17.0 Å². The molecule has 4 nitrogen and oxygen atoms in total. The van der Waals surface area contributed by atoms with E-state index in [1.807, 2.05) is 19.9 Å². The van der Waals surface area contributed by atoms with Gasteiger partial charge in [-0.1, -0.05) is 6.92 Å². The second kappa shape index (κ2) is 6.47. The fourth-order valence-corrected chi connectivity index (χ4v) is 2.74. The summed E-state index contributed by atoms with van der Waals surface area (Å²) in [6, 6.07) is 6.81. The topological polar surface area (TPSA) is 47.2 Å². The van der Waals surface area contributed by atoms with E-state index in [-0.39, 0.29) is 12.5 Å². The van der Waals surface area contributed by atoms with Crippen LogP contribution in [0.3, 0.4) is 0 Å². The summed E-state index contributed by atoms with van der Waals surface area (Å²) in [5, 5.41) is 2.81. The molecule has 0 unspecified atom stereocenters. The highest BCUT2D eigenvalue weighted by molar-refractivity contribution is 5.97. The van der Waals surface area contributed by atoms with E-state index in [1.165, 1.54) is 12.1 Å². The number of aromatic nitrogens is 1. The molecule has 126 valence electrons. The Bertz CT molecular complexity index is 876. The molecule has 0 aliphatic rings. The first-order valence-corrected chi connectivity index (χ1v) is 7.80. The van der Waals surface area contributed by atoms with E-state index in [2.05, 4.69) is 5.32 Å². The number of benzene rings is 1. The maximum absolute atomic E-state index is 13.5. The number of hydrogen-bond donors (Lipinski definition) is 1. The first-order valence-electron chi connectivity index (χ1n) is 7.80. The van der Waals surface area contributed by atoms with Crippen molar-refractivity contribution < 1.29 is 18.0 Å². The van der Waals surface area contributed by atoms with Crippen molar-refractivity contribution in [2.75, 3.05) is 6.54 Å². The van der Waals surface area contributed by atoms with Gasteiger partial charge in [-0.3, -0.25) is 4.79 Å². The monoisotopic (exact) mass is 332 g/mol. The van der Waals surface area contributed by atoms with Crippen LogP contribution in [0.15, 0.2) is 34.7 Å². The normalized spacial score (nSPS) is 11.2. The third kappa shape index (κ3) is 3.18. The van der Waals surface area contributed by atoms with Crippen LogP contribution < -0.4 is 5.32 Å². The van der Waals surface area contributed by atoms with Gasteiger partial charge in [0.15, 0.2) is 5.58 Å². The van der Waals surface area contributed by atoms with Crippen LogP contribution in [0.2, 0.25) is 0 Å². The molecule has 1 aromatic carbocycles. The highest BCUT2D eigenvalue weighted by atomic mass is 19.1. The van der Waals surface area contributed by atoms with E-state index in [0.29, 0.717) is 29.1 Å². The molecule has 0 saturated heterocycles. The van der Waals surface area contributed by atoms with Crippen LogP contribution in [0.4, 0.5) is 8.78 Å². The molecular formula is C18H18F2N2O2. The molecule has 6 heteroatoms. The first kappa shape index (κ1) is 16.2. The van der Waals surface area contributed by atoms with Crippen LogP contribution in [-0.4, -0.2) is 17.0 Å². The number of nitrogens with zero attached hydrogens (tertiary/aromatic N) is 1. The molecule has 0 atom stereocenters. The lowest BCUT2D eigenvalue weighted by Crippen LogP contribution is -2.26. The summed E-state index contributed by atoms with van der Waals surface area (Å²) in [5.41, 5.74) is 2.14. The maximum atomic E-state index is 13.5. The Morgan fingerprint density at radius 3 is 2.54 bits per heavy atom. The number of aryl methyl sites for hydroxylation is 1. The lowest BCUT2D eigenvalue weighted by atomic mass is 10.2. The zero-order valence-electron chi connectivity index (χ0n) is 13.5. The summed E-state index contributed by atoms with van der Waals surface area (Å²) in [7, 11) is 0. The van der Waals surface area contributed by atoms with Crippen LogP contribution in [0.5, 0.6) is 0 Å². The number of nitrogens with one attached hydrogen (secondary N) is 1. The van der Waals surface area contributed by atoms with E-state index in [0.717, 1.165) is 18.0 Å². The van der Waals surface area contributed by atoms with Gasteiger partial charge in [-0.15, -0.1) is 0 Å². The molecule has 0 saturated carbocycles. The molecule has 0 fully saturated rings. The number of furan rings is 1. The van der Waals surface area contributed by atoms with Gasteiger partial charge in [-0.2, -0.15) is 0 Å². The Kier molecular flexibility index (Phi) is 4.38. The Morgan fingerprint density at radius 2 is 1.88 bits per heavy atom. The average molecular weight is 332 g/mol. The Balaban J connectivity index is 2.04. The van der Waals surface area contributed by atoms with Gasteiger partial charge < -0.3 is 14.3 Å². The second-order valence-electron chi connectivity index (χ2n) is 5.76. The molecule has 1 N–H and O–H groups in total. The highest BCUT2D eigenvalue weighted by Crippen LogP contribution is 2.25. The van der Waals surface area contributed by atoms with Gasteiger partial charge >= 0.3 is 0 Å². The van der Waals surface area contributed by atoms with Crippen LogP contribution in [0.1, 0.15) is 35.2 Å². The van der Waals surface area contributed by atoms with Gasteiger partial charge in [-0.25, -0.2) is 8.78 Å². The predicted molar refractivity (Wildman–Crippen MR) is 87.0 cm³/mol. The van der Waals surface area contributed by atoms with Crippen molar-refractivity contribution in [2.45, 2.75) is 26.8 Å². The predicted octanol–water partition coefficient (Wildman–Crippen LogP) is 4.01. The number of carbonyl (C=O) groups is 1.